The van der Waals surface area contributed by atoms with E-state index in [0.717, 1.165) is 19.3 Å². The SMILES string of the molecule is CCCNS(=O)(=O)N1CCCC1CO. The highest BCUT2D eigenvalue weighted by Crippen LogP contribution is 2.19. The maximum Gasteiger partial charge on any atom is 0.279 e. The van der Waals surface area contributed by atoms with E-state index in [1.54, 1.807) is 0 Å². The van der Waals surface area contributed by atoms with E-state index >= 15 is 0 Å². The van der Waals surface area contributed by atoms with Crippen LogP contribution in [0.5, 0.6) is 0 Å². The van der Waals surface area contributed by atoms with E-state index in [1.165, 1.54) is 4.31 Å². The van der Waals surface area contributed by atoms with E-state index in [2.05, 4.69) is 4.72 Å². The Kier molecular flexibility index (Phi) is 4.31. The summed E-state index contributed by atoms with van der Waals surface area (Å²) in [5.74, 6) is 0. The number of rotatable bonds is 5. The quantitative estimate of drug-likeness (QED) is 0.670. The number of nitrogens with one attached hydrogen (secondary N) is 1. The molecule has 1 aliphatic rings. The van der Waals surface area contributed by atoms with Gasteiger partial charge >= 0.3 is 0 Å². The molecule has 0 aliphatic carbocycles. The fraction of sp³-hybridized carbons (Fsp3) is 1.00. The Labute approximate surface area is 85.3 Å². The van der Waals surface area contributed by atoms with Gasteiger partial charge in [0.25, 0.3) is 10.2 Å². The Balaban J connectivity index is 2.61. The summed E-state index contributed by atoms with van der Waals surface area (Å²) in [7, 11) is -3.36. The van der Waals surface area contributed by atoms with Crippen LogP contribution in [0.25, 0.3) is 0 Å². The molecule has 0 aromatic rings. The minimum absolute atomic E-state index is 0.0902. The van der Waals surface area contributed by atoms with Crippen LogP contribution in [0.1, 0.15) is 26.2 Å². The van der Waals surface area contributed by atoms with Gasteiger partial charge in [0.1, 0.15) is 0 Å². The number of hydrogen-bond acceptors (Lipinski definition) is 3. The zero-order chi connectivity index (χ0) is 10.6. The lowest BCUT2D eigenvalue weighted by atomic mass is 10.2. The largest absolute Gasteiger partial charge is 0.395 e. The zero-order valence-corrected chi connectivity index (χ0v) is 9.26. The lowest BCUT2D eigenvalue weighted by molar-refractivity contribution is 0.212. The molecule has 1 rings (SSSR count). The molecule has 1 atom stereocenters. The van der Waals surface area contributed by atoms with Gasteiger partial charge in [-0.15, -0.1) is 0 Å². The molecule has 5 nitrogen and oxygen atoms in total. The lowest BCUT2D eigenvalue weighted by Crippen LogP contribution is -2.44. The first-order chi connectivity index (χ1) is 6.61. The average molecular weight is 222 g/mol. The third kappa shape index (κ3) is 2.66. The Morgan fingerprint density at radius 2 is 2.29 bits per heavy atom. The first-order valence-electron chi connectivity index (χ1n) is 4.99. The van der Waals surface area contributed by atoms with Crippen molar-refractivity contribution < 1.29 is 13.5 Å². The summed E-state index contributed by atoms with van der Waals surface area (Å²) < 4.78 is 27.2. The first kappa shape index (κ1) is 11.9. The number of hydrogen-bond donors (Lipinski definition) is 2. The summed E-state index contributed by atoms with van der Waals surface area (Å²) in [5, 5.41) is 8.99. The molecule has 6 heteroatoms. The Morgan fingerprint density at radius 1 is 1.57 bits per heavy atom. The van der Waals surface area contributed by atoms with Gasteiger partial charge in [-0.1, -0.05) is 6.92 Å². The van der Waals surface area contributed by atoms with Crippen LogP contribution < -0.4 is 4.72 Å². The van der Waals surface area contributed by atoms with Crippen molar-refractivity contribution >= 4 is 10.2 Å². The van der Waals surface area contributed by atoms with E-state index in [4.69, 9.17) is 5.11 Å². The van der Waals surface area contributed by atoms with Gasteiger partial charge in [0.15, 0.2) is 0 Å². The summed E-state index contributed by atoms with van der Waals surface area (Å²) in [6.45, 7) is 2.80. The Bertz CT molecular complexity index is 266. The molecule has 0 radical (unpaired) electrons. The van der Waals surface area contributed by atoms with E-state index in [9.17, 15) is 8.42 Å². The van der Waals surface area contributed by atoms with E-state index in [-0.39, 0.29) is 12.6 Å². The molecule has 0 saturated carbocycles. The molecule has 1 aliphatic heterocycles. The molecular weight excluding hydrogens is 204 g/mol. The minimum atomic E-state index is -3.36. The van der Waals surface area contributed by atoms with Gasteiger partial charge in [0.2, 0.25) is 0 Å². The van der Waals surface area contributed by atoms with Crippen LogP contribution >= 0.6 is 0 Å². The topological polar surface area (TPSA) is 69.6 Å². The highest BCUT2D eigenvalue weighted by molar-refractivity contribution is 7.87. The number of aliphatic hydroxyl groups excluding tert-OH is 1. The molecule has 0 aromatic heterocycles. The molecule has 1 unspecified atom stereocenters. The molecule has 1 saturated heterocycles. The number of aliphatic hydroxyl groups is 1. The predicted octanol–water partition coefficient (Wildman–Crippen LogP) is -0.313. The highest BCUT2D eigenvalue weighted by atomic mass is 32.2. The van der Waals surface area contributed by atoms with Gasteiger partial charge in [-0.25, -0.2) is 4.72 Å². The van der Waals surface area contributed by atoms with Gasteiger partial charge in [-0.3, -0.25) is 0 Å². The first-order valence-corrected chi connectivity index (χ1v) is 6.43. The third-order valence-electron chi connectivity index (χ3n) is 2.38. The van der Waals surface area contributed by atoms with E-state index < -0.39 is 10.2 Å². The van der Waals surface area contributed by atoms with Crippen LogP contribution in [0.2, 0.25) is 0 Å². The molecule has 2 N–H and O–H groups in total. The number of nitrogens with zero attached hydrogens (tertiary/aromatic N) is 1. The summed E-state index contributed by atoms with van der Waals surface area (Å²) >= 11 is 0. The maximum atomic E-state index is 11.7. The zero-order valence-electron chi connectivity index (χ0n) is 8.44. The van der Waals surface area contributed by atoms with Gasteiger partial charge in [-0.05, 0) is 19.3 Å². The van der Waals surface area contributed by atoms with Crippen LogP contribution in [-0.2, 0) is 10.2 Å². The molecule has 1 fully saturated rings. The van der Waals surface area contributed by atoms with Crippen molar-refractivity contribution in [2.75, 3.05) is 19.7 Å². The van der Waals surface area contributed by atoms with Crippen LogP contribution in [0.15, 0.2) is 0 Å². The van der Waals surface area contributed by atoms with Crippen molar-refractivity contribution in [2.45, 2.75) is 32.2 Å². The molecule has 0 amide bonds. The average Bonchev–Trinajstić information content (AvgIpc) is 2.63. The molecule has 1 heterocycles. The second-order valence-electron chi connectivity index (χ2n) is 3.49. The summed E-state index contributed by atoms with van der Waals surface area (Å²) in [6, 6.07) is -0.232. The van der Waals surface area contributed by atoms with Crippen molar-refractivity contribution in [2.24, 2.45) is 0 Å². The van der Waals surface area contributed by atoms with E-state index in [0.29, 0.717) is 13.1 Å². The predicted molar refractivity (Wildman–Crippen MR) is 54.0 cm³/mol. The molecule has 0 bridgehead atoms. The monoisotopic (exact) mass is 222 g/mol. The van der Waals surface area contributed by atoms with Crippen LogP contribution in [-0.4, -0.2) is 43.6 Å². The summed E-state index contributed by atoms with van der Waals surface area (Å²) in [5.41, 5.74) is 0. The van der Waals surface area contributed by atoms with Crippen LogP contribution in [0, 0.1) is 0 Å². The van der Waals surface area contributed by atoms with Crippen molar-refractivity contribution in [1.29, 1.82) is 0 Å². The standard InChI is InChI=1S/C8H18N2O3S/c1-2-5-9-14(12,13)10-6-3-4-8(10)7-11/h8-9,11H,2-7H2,1H3. The fourth-order valence-corrected chi connectivity index (χ4v) is 3.18. The van der Waals surface area contributed by atoms with Gasteiger partial charge in [0, 0.05) is 19.1 Å². The van der Waals surface area contributed by atoms with E-state index in [1.807, 2.05) is 6.92 Å². The molecule has 0 spiro atoms. The van der Waals surface area contributed by atoms with Crippen molar-refractivity contribution in [3.05, 3.63) is 0 Å². The smallest absolute Gasteiger partial charge is 0.279 e. The molecule has 14 heavy (non-hydrogen) atoms. The van der Waals surface area contributed by atoms with Crippen LogP contribution in [0.3, 0.4) is 0 Å². The maximum absolute atomic E-state index is 11.7. The van der Waals surface area contributed by atoms with Crippen LogP contribution in [0.4, 0.5) is 0 Å². The van der Waals surface area contributed by atoms with Crippen molar-refractivity contribution in [3.63, 3.8) is 0 Å². The fourth-order valence-electron chi connectivity index (χ4n) is 1.62. The Morgan fingerprint density at radius 3 is 2.86 bits per heavy atom. The molecular formula is C8H18N2O3S. The van der Waals surface area contributed by atoms with Crippen molar-refractivity contribution in [1.82, 2.24) is 9.03 Å². The second kappa shape index (κ2) is 5.06. The van der Waals surface area contributed by atoms with Gasteiger partial charge < -0.3 is 5.11 Å². The van der Waals surface area contributed by atoms with Gasteiger partial charge in [0.05, 0.1) is 6.61 Å². The van der Waals surface area contributed by atoms with Crippen molar-refractivity contribution in [3.8, 4) is 0 Å². The normalized spacial score (nSPS) is 24.3. The second-order valence-corrected chi connectivity index (χ2v) is 5.20. The highest BCUT2D eigenvalue weighted by Gasteiger charge is 2.32. The molecule has 0 aromatic carbocycles. The third-order valence-corrected chi connectivity index (χ3v) is 4.04. The minimum Gasteiger partial charge on any atom is -0.395 e. The summed E-state index contributed by atoms with van der Waals surface area (Å²) in [4.78, 5) is 0. The summed E-state index contributed by atoms with van der Waals surface area (Å²) in [6.07, 6.45) is 2.36. The lowest BCUT2D eigenvalue weighted by Gasteiger charge is -2.22. The Hall–Kier alpha value is -0.170. The van der Waals surface area contributed by atoms with Gasteiger partial charge in [-0.2, -0.15) is 12.7 Å². The molecule has 84 valence electrons.